The van der Waals surface area contributed by atoms with Crippen LogP contribution in [0.1, 0.15) is 19.3 Å². The number of amides is 2. The number of halogens is 1. The normalized spacial score (nSPS) is 15.9. The molecule has 18 heavy (non-hydrogen) atoms. The Hall–Kier alpha value is -1.88. The maximum Gasteiger partial charge on any atom is 0.249 e. The van der Waals surface area contributed by atoms with Crippen LogP contribution in [0.25, 0.3) is 10.9 Å². The van der Waals surface area contributed by atoms with Gasteiger partial charge in [-0.05, 0) is 12.5 Å². The summed E-state index contributed by atoms with van der Waals surface area (Å²) in [5.74, 6) is -0.370. The van der Waals surface area contributed by atoms with Gasteiger partial charge >= 0.3 is 0 Å². The molecule has 2 aromatic rings. The number of piperidine rings is 1. The van der Waals surface area contributed by atoms with Gasteiger partial charge in [-0.1, -0.05) is 18.2 Å². The molecule has 2 heterocycles. The van der Waals surface area contributed by atoms with Crippen molar-refractivity contribution in [2.24, 2.45) is 0 Å². The summed E-state index contributed by atoms with van der Waals surface area (Å²) in [6.07, 6.45) is 3.09. The number of nitrogens with zero attached hydrogens (tertiary/aromatic N) is 3. The van der Waals surface area contributed by atoms with E-state index in [9.17, 15) is 9.59 Å². The summed E-state index contributed by atoms with van der Waals surface area (Å²) in [4.78, 5) is 25.0. The number of rotatable bonds is 1. The predicted molar refractivity (Wildman–Crippen MR) is 69.1 cm³/mol. The van der Waals surface area contributed by atoms with Crippen LogP contribution < -0.4 is 5.01 Å². The zero-order chi connectivity index (χ0) is 11.8. The fourth-order valence-electron chi connectivity index (χ4n) is 2.07. The third-order valence-corrected chi connectivity index (χ3v) is 2.90. The third-order valence-electron chi connectivity index (χ3n) is 2.90. The highest BCUT2D eigenvalue weighted by Crippen LogP contribution is 2.17. The summed E-state index contributed by atoms with van der Waals surface area (Å²) in [6.45, 7) is 0. The van der Waals surface area contributed by atoms with Gasteiger partial charge in [0, 0.05) is 18.2 Å². The summed E-state index contributed by atoms with van der Waals surface area (Å²) in [6, 6.07) is 7.50. The highest BCUT2D eigenvalue weighted by atomic mass is 35.5. The summed E-state index contributed by atoms with van der Waals surface area (Å²) in [5.41, 5.74) is 0.774. The molecular formula is C12H12ClN3O2. The van der Waals surface area contributed by atoms with E-state index in [2.05, 4.69) is 5.10 Å². The van der Waals surface area contributed by atoms with Gasteiger partial charge in [0.1, 0.15) is 0 Å². The average molecular weight is 266 g/mol. The summed E-state index contributed by atoms with van der Waals surface area (Å²) in [7, 11) is 0. The van der Waals surface area contributed by atoms with E-state index >= 15 is 0 Å². The molecular weight excluding hydrogens is 254 g/mol. The first-order valence-electron chi connectivity index (χ1n) is 5.56. The monoisotopic (exact) mass is 265 g/mol. The second-order valence-corrected chi connectivity index (χ2v) is 4.05. The van der Waals surface area contributed by atoms with Crippen LogP contribution in [0.4, 0.5) is 0 Å². The van der Waals surface area contributed by atoms with Crippen molar-refractivity contribution < 1.29 is 9.59 Å². The van der Waals surface area contributed by atoms with Gasteiger partial charge in [-0.15, -0.1) is 12.4 Å². The second kappa shape index (κ2) is 4.78. The Morgan fingerprint density at radius 2 is 1.72 bits per heavy atom. The quantitative estimate of drug-likeness (QED) is 0.737. The predicted octanol–water partition coefficient (Wildman–Crippen LogP) is 1.63. The highest BCUT2D eigenvalue weighted by Gasteiger charge is 2.28. The molecule has 1 aliphatic heterocycles. The van der Waals surface area contributed by atoms with E-state index in [4.69, 9.17) is 0 Å². The molecule has 1 aliphatic rings. The van der Waals surface area contributed by atoms with Gasteiger partial charge in [-0.25, -0.2) is 0 Å². The van der Waals surface area contributed by atoms with Crippen molar-refractivity contribution in [3.63, 3.8) is 0 Å². The van der Waals surface area contributed by atoms with Gasteiger partial charge in [0.05, 0.1) is 11.7 Å². The minimum absolute atomic E-state index is 0. The van der Waals surface area contributed by atoms with E-state index in [-0.39, 0.29) is 24.2 Å². The third kappa shape index (κ3) is 1.86. The first kappa shape index (κ1) is 12.6. The smallest absolute Gasteiger partial charge is 0.249 e. The molecule has 0 radical (unpaired) electrons. The molecule has 0 N–H and O–H groups in total. The van der Waals surface area contributed by atoms with Gasteiger partial charge in [-0.3, -0.25) is 9.59 Å². The van der Waals surface area contributed by atoms with Gasteiger partial charge < -0.3 is 0 Å². The number of fused-ring (bicyclic) bond motifs is 1. The Kier molecular flexibility index (Phi) is 3.34. The number of carbonyl (C=O) groups is 2. The first-order chi connectivity index (χ1) is 8.27. The number of hydrogen-bond acceptors (Lipinski definition) is 3. The zero-order valence-electron chi connectivity index (χ0n) is 9.57. The van der Waals surface area contributed by atoms with Crippen LogP contribution in [-0.4, -0.2) is 21.7 Å². The van der Waals surface area contributed by atoms with Crippen molar-refractivity contribution >= 4 is 35.1 Å². The van der Waals surface area contributed by atoms with Gasteiger partial charge in [0.2, 0.25) is 11.8 Å². The molecule has 0 aliphatic carbocycles. The fraction of sp³-hybridized carbons (Fsp3) is 0.250. The molecule has 1 aromatic carbocycles. The lowest BCUT2D eigenvalue weighted by molar-refractivity contribution is -0.131. The molecule has 0 saturated carbocycles. The Morgan fingerprint density at radius 1 is 1.06 bits per heavy atom. The van der Waals surface area contributed by atoms with E-state index in [0.29, 0.717) is 19.3 Å². The number of aromatic nitrogens is 2. The minimum atomic E-state index is -0.185. The lowest BCUT2D eigenvalue weighted by Gasteiger charge is -2.24. The number of carbonyl (C=O) groups excluding carboxylic acids is 2. The largest absolute Gasteiger partial charge is 0.272 e. The molecule has 2 amide bonds. The maximum atomic E-state index is 11.8. The van der Waals surface area contributed by atoms with Crippen molar-refractivity contribution in [1.29, 1.82) is 0 Å². The van der Waals surface area contributed by atoms with Gasteiger partial charge in [0.15, 0.2) is 0 Å². The second-order valence-electron chi connectivity index (χ2n) is 4.05. The number of imide groups is 1. The number of hydrogen-bond donors (Lipinski definition) is 0. The Morgan fingerprint density at radius 3 is 2.44 bits per heavy atom. The van der Waals surface area contributed by atoms with Crippen molar-refractivity contribution in [2.75, 3.05) is 5.01 Å². The van der Waals surface area contributed by atoms with Crippen LogP contribution in [0.5, 0.6) is 0 Å². The van der Waals surface area contributed by atoms with Crippen LogP contribution in [0.2, 0.25) is 0 Å². The van der Waals surface area contributed by atoms with E-state index in [0.717, 1.165) is 15.9 Å². The van der Waals surface area contributed by atoms with Crippen molar-refractivity contribution in [3.05, 3.63) is 30.5 Å². The molecule has 1 fully saturated rings. The zero-order valence-corrected chi connectivity index (χ0v) is 10.4. The molecule has 1 aromatic heterocycles. The summed E-state index contributed by atoms with van der Waals surface area (Å²) >= 11 is 0. The van der Waals surface area contributed by atoms with E-state index in [1.54, 1.807) is 6.20 Å². The summed E-state index contributed by atoms with van der Waals surface area (Å²) < 4.78 is 0. The van der Waals surface area contributed by atoms with Crippen molar-refractivity contribution in [1.82, 2.24) is 9.89 Å². The molecule has 5 nitrogen and oxygen atoms in total. The molecule has 0 spiro atoms. The molecule has 94 valence electrons. The van der Waals surface area contributed by atoms with E-state index < -0.39 is 0 Å². The van der Waals surface area contributed by atoms with Crippen molar-refractivity contribution in [2.45, 2.75) is 19.3 Å². The first-order valence-corrected chi connectivity index (χ1v) is 5.56. The molecule has 3 rings (SSSR count). The van der Waals surface area contributed by atoms with Gasteiger partial charge in [-0.2, -0.15) is 14.9 Å². The standard InChI is InChI=1S/C12H11N3O2.ClH/c16-11-6-3-7-12(17)14(11)15-10-5-2-1-4-9(10)8-13-15;/h1-2,4-5,8H,3,6-7H2;1H. The molecule has 0 unspecified atom stereocenters. The van der Waals surface area contributed by atoms with Crippen LogP contribution in [0.3, 0.4) is 0 Å². The van der Waals surface area contributed by atoms with E-state index in [1.807, 2.05) is 24.3 Å². The van der Waals surface area contributed by atoms with Crippen LogP contribution in [-0.2, 0) is 9.59 Å². The topological polar surface area (TPSA) is 55.2 Å². The Balaban J connectivity index is 0.00000120. The van der Waals surface area contributed by atoms with Gasteiger partial charge in [0.25, 0.3) is 0 Å². The SMILES string of the molecule is Cl.O=C1CCCC(=O)N1n1ncc2ccccc21. The Bertz CT molecular complexity index is 592. The number of benzene rings is 1. The fourth-order valence-corrected chi connectivity index (χ4v) is 2.07. The molecule has 0 atom stereocenters. The lowest BCUT2D eigenvalue weighted by atomic mass is 10.1. The molecule has 6 heteroatoms. The molecule has 1 saturated heterocycles. The average Bonchev–Trinajstić information content (AvgIpc) is 2.73. The molecule has 0 bridgehead atoms. The highest BCUT2D eigenvalue weighted by molar-refractivity contribution is 6.10. The summed E-state index contributed by atoms with van der Waals surface area (Å²) in [5, 5.41) is 6.18. The van der Waals surface area contributed by atoms with Crippen LogP contribution in [0, 0.1) is 0 Å². The van der Waals surface area contributed by atoms with E-state index in [1.165, 1.54) is 4.79 Å². The maximum absolute atomic E-state index is 11.8. The lowest BCUT2D eigenvalue weighted by Crippen LogP contribution is -2.48. The van der Waals surface area contributed by atoms with Crippen LogP contribution in [0.15, 0.2) is 30.5 Å². The van der Waals surface area contributed by atoms with Crippen LogP contribution >= 0.6 is 12.4 Å². The minimum Gasteiger partial charge on any atom is -0.272 e. The Labute approximate surface area is 110 Å². The van der Waals surface area contributed by atoms with Crippen molar-refractivity contribution in [3.8, 4) is 0 Å². The number of para-hydroxylation sites is 1.